The zero-order valence-corrected chi connectivity index (χ0v) is 13.4. The molecular formula is C17H26N2O2. The number of methoxy groups -OCH3 is 1. The van der Waals surface area contributed by atoms with Crippen LogP contribution in [0.4, 0.5) is 11.4 Å². The summed E-state index contributed by atoms with van der Waals surface area (Å²) in [6, 6.07) is 6.16. The second-order valence-electron chi connectivity index (χ2n) is 6.24. The number of benzene rings is 1. The molecule has 1 amide bonds. The Balaban J connectivity index is 2.15. The van der Waals surface area contributed by atoms with Gasteiger partial charge < -0.3 is 15.4 Å². The van der Waals surface area contributed by atoms with E-state index >= 15 is 0 Å². The average Bonchev–Trinajstić information content (AvgIpc) is 2.41. The van der Waals surface area contributed by atoms with Crippen LogP contribution in [-0.2, 0) is 4.79 Å². The minimum atomic E-state index is -0.0639. The Morgan fingerprint density at radius 1 is 1.29 bits per heavy atom. The van der Waals surface area contributed by atoms with Gasteiger partial charge in [0.25, 0.3) is 0 Å². The molecule has 0 spiro atoms. The summed E-state index contributed by atoms with van der Waals surface area (Å²) in [5.41, 5.74) is 1.75. The molecule has 0 aromatic heterocycles. The first-order chi connectivity index (χ1) is 9.99. The molecule has 0 heterocycles. The van der Waals surface area contributed by atoms with E-state index in [2.05, 4.69) is 24.5 Å². The summed E-state index contributed by atoms with van der Waals surface area (Å²) in [4.78, 5) is 11.2. The molecule has 2 rings (SSSR count). The van der Waals surface area contributed by atoms with E-state index in [1.165, 1.54) is 26.2 Å². The second-order valence-corrected chi connectivity index (χ2v) is 6.24. The Morgan fingerprint density at radius 3 is 2.67 bits per heavy atom. The summed E-state index contributed by atoms with van der Waals surface area (Å²) in [6.45, 7) is 6.14. The first-order valence-electron chi connectivity index (χ1n) is 7.71. The van der Waals surface area contributed by atoms with Crippen molar-refractivity contribution < 1.29 is 9.53 Å². The minimum Gasteiger partial charge on any atom is -0.495 e. The van der Waals surface area contributed by atoms with Gasteiger partial charge in [0.2, 0.25) is 5.91 Å². The summed E-state index contributed by atoms with van der Waals surface area (Å²) < 4.78 is 5.43. The summed E-state index contributed by atoms with van der Waals surface area (Å²) in [5.74, 6) is 2.20. The molecule has 1 aromatic rings. The van der Waals surface area contributed by atoms with Crippen molar-refractivity contribution in [1.29, 1.82) is 0 Å². The molecule has 0 bridgehead atoms. The van der Waals surface area contributed by atoms with Crippen molar-refractivity contribution in [1.82, 2.24) is 0 Å². The predicted octanol–water partition coefficient (Wildman–Crippen LogP) is 3.89. The van der Waals surface area contributed by atoms with E-state index in [9.17, 15) is 4.79 Å². The smallest absolute Gasteiger partial charge is 0.221 e. The predicted molar refractivity (Wildman–Crippen MR) is 86.9 cm³/mol. The van der Waals surface area contributed by atoms with Crippen LogP contribution in [0.5, 0.6) is 5.75 Å². The molecule has 1 aliphatic carbocycles. The lowest BCUT2D eigenvalue weighted by molar-refractivity contribution is -0.114. The van der Waals surface area contributed by atoms with Gasteiger partial charge in [-0.05, 0) is 49.3 Å². The molecule has 1 aromatic carbocycles. The molecule has 3 atom stereocenters. The van der Waals surface area contributed by atoms with Crippen LogP contribution in [0.15, 0.2) is 18.2 Å². The maximum Gasteiger partial charge on any atom is 0.221 e. The van der Waals surface area contributed by atoms with Crippen LogP contribution in [0, 0.1) is 11.8 Å². The van der Waals surface area contributed by atoms with Crippen LogP contribution in [0.25, 0.3) is 0 Å². The van der Waals surface area contributed by atoms with E-state index < -0.39 is 0 Å². The summed E-state index contributed by atoms with van der Waals surface area (Å²) in [7, 11) is 1.67. The number of ether oxygens (including phenoxy) is 1. The lowest BCUT2D eigenvalue weighted by atomic mass is 9.80. The standard InChI is InChI=1S/C17H26N2O2/c1-11-5-7-15(12(2)9-11)19-16-10-14(18-13(3)20)6-8-17(16)21-4/h6,8,10-12,15,19H,5,7,9H2,1-4H3,(H,18,20). The zero-order valence-electron chi connectivity index (χ0n) is 13.4. The van der Waals surface area contributed by atoms with Crippen LogP contribution < -0.4 is 15.4 Å². The van der Waals surface area contributed by atoms with Crippen LogP contribution in [0.2, 0.25) is 0 Å². The lowest BCUT2D eigenvalue weighted by Gasteiger charge is -2.34. The Kier molecular flexibility index (Phi) is 5.10. The fraction of sp³-hybridized carbons (Fsp3) is 0.588. The first-order valence-corrected chi connectivity index (χ1v) is 7.71. The van der Waals surface area contributed by atoms with E-state index in [0.29, 0.717) is 12.0 Å². The largest absolute Gasteiger partial charge is 0.495 e. The van der Waals surface area contributed by atoms with E-state index in [-0.39, 0.29) is 5.91 Å². The van der Waals surface area contributed by atoms with E-state index in [1.807, 2.05) is 18.2 Å². The number of amides is 1. The topological polar surface area (TPSA) is 50.4 Å². The zero-order chi connectivity index (χ0) is 15.4. The maximum atomic E-state index is 11.2. The molecule has 1 saturated carbocycles. The van der Waals surface area contributed by atoms with Crippen molar-refractivity contribution in [2.24, 2.45) is 11.8 Å². The highest BCUT2D eigenvalue weighted by atomic mass is 16.5. The SMILES string of the molecule is COc1ccc(NC(C)=O)cc1NC1CCC(C)CC1C. The van der Waals surface area contributed by atoms with Gasteiger partial charge in [0.15, 0.2) is 0 Å². The fourth-order valence-electron chi connectivity index (χ4n) is 3.18. The summed E-state index contributed by atoms with van der Waals surface area (Å²) >= 11 is 0. The lowest BCUT2D eigenvalue weighted by Crippen LogP contribution is -2.33. The molecule has 0 aliphatic heterocycles. The van der Waals surface area contributed by atoms with Gasteiger partial charge in [0.05, 0.1) is 12.8 Å². The normalized spacial score (nSPS) is 25.2. The molecule has 116 valence electrons. The number of carbonyl (C=O) groups excluding carboxylic acids is 1. The summed E-state index contributed by atoms with van der Waals surface area (Å²) in [6.07, 6.45) is 3.69. The molecule has 0 saturated heterocycles. The van der Waals surface area contributed by atoms with Crippen LogP contribution >= 0.6 is 0 Å². The molecule has 1 fully saturated rings. The third-order valence-corrected chi connectivity index (χ3v) is 4.29. The van der Waals surface area contributed by atoms with E-state index in [4.69, 9.17) is 4.74 Å². The van der Waals surface area contributed by atoms with Gasteiger partial charge in [-0.1, -0.05) is 13.8 Å². The average molecular weight is 290 g/mol. The van der Waals surface area contributed by atoms with Crippen molar-refractivity contribution in [3.8, 4) is 5.75 Å². The maximum absolute atomic E-state index is 11.2. The van der Waals surface area contributed by atoms with Crippen LogP contribution in [0.3, 0.4) is 0 Å². The molecule has 3 unspecified atom stereocenters. The number of rotatable bonds is 4. The Bertz CT molecular complexity index is 502. The monoisotopic (exact) mass is 290 g/mol. The van der Waals surface area contributed by atoms with Crippen molar-refractivity contribution in [3.05, 3.63) is 18.2 Å². The van der Waals surface area contributed by atoms with Gasteiger partial charge in [0.1, 0.15) is 5.75 Å². The van der Waals surface area contributed by atoms with Crippen LogP contribution in [0.1, 0.15) is 40.0 Å². The number of hydrogen-bond acceptors (Lipinski definition) is 3. The van der Waals surface area contributed by atoms with Gasteiger partial charge in [-0.2, -0.15) is 0 Å². The van der Waals surface area contributed by atoms with Crippen molar-refractivity contribution in [2.45, 2.75) is 46.1 Å². The molecule has 4 nitrogen and oxygen atoms in total. The molecule has 4 heteroatoms. The van der Waals surface area contributed by atoms with E-state index in [0.717, 1.165) is 23.0 Å². The van der Waals surface area contributed by atoms with E-state index in [1.54, 1.807) is 7.11 Å². The fourth-order valence-corrected chi connectivity index (χ4v) is 3.18. The Hall–Kier alpha value is -1.71. The number of nitrogens with one attached hydrogen (secondary N) is 2. The van der Waals surface area contributed by atoms with Gasteiger partial charge in [-0.3, -0.25) is 4.79 Å². The van der Waals surface area contributed by atoms with Gasteiger partial charge in [-0.25, -0.2) is 0 Å². The van der Waals surface area contributed by atoms with Gasteiger partial charge in [-0.15, -0.1) is 0 Å². The van der Waals surface area contributed by atoms with Crippen molar-refractivity contribution >= 4 is 17.3 Å². The highest BCUT2D eigenvalue weighted by Gasteiger charge is 2.25. The third kappa shape index (κ3) is 4.13. The number of carbonyl (C=O) groups is 1. The van der Waals surface area contributed by atoms with Crippen LogP contribution in [-0.4, -0.2) is 19.1 Å². The highest BCUT2D eigenvalue weighted by molar-refractivity contribution is 5.89. The third-order valence-electron chi connectivity index (χ3n) is 4.29. The Labute approximate surface area is 127 Å². The first kappa shape index (κ1) is 15.7. The van der Waals surface area contributed by atoms with Crippen molar-refractivity contribution in [3.63, 3.8) is 0 Å². The second kappa shape index (κ2) is 6.83. The van der Waals surface area contributed by atoms with Crippen molar-refractivity contribution in [2.75, 3.05) is 17.7 Å². The minimum absolute atomic E-state index is 0.0639. The molecule has 21 heavy (non-hydrogen) atoms. The van der Waals surface area contributed by atoms with Gasteiger partial charge >= 0.3 is 0 Å². The van der Waals surface area contributed by atoms with Gasteiger partial charge in [0, 0.05) is 18.7 Å². The number of anilines is 2. The molecule has 2 N–H and O–H groups in total. The summed E-state index contributed by atoms with van der Waals surface area (Å²) in [5, 5.41) is 6.43. The highest BCUT2D eigenvalue weighted by Crippen LogP contribution is 2.34. The number of hydrogen-bond donors (Lipinski definition) is 2. The molecular weight excluding hydrogens is 264 g/mol. The Morgan fingerprint density at radius 2 is 2.05 bits per heavy atom. The quantitative estimate of drug-likeness (QED) is 0.884. The molecule has 0 radical (unpaired) electrons. The molecule has 1 aliphatic rings.